The monoisotopic (exact) mass is 349 g/mol. The van der Waals surface area contributed by atoms with Gasteiger partial charge in [-0.2, -0.15) is 0 Å². The molecule has 0 saturated carbocycles. The maximum atomic E-state index is 11.3. The number of allylic oxidation sites excluding steroid dienone is 2. The topological polar surface area (TPSA) is 84.3 Å². The average molecular weight is 349 g/mol. The lowest BCUT2D eigenvalue weighted by Crippen LogP contribution is -2.29. The molecule has 0 bridgehead atoms. The highest BCUT2D eigenvalue weighted by molar-refractivity contribution is 5.89. The molecule has 0 radical (unpaired) electrons. The van der Waals surface area contributed by atoms with Crippen molar-refractivity contribution in [3.63, 3.8) is 0 Å². The third-order valence-electron chi connectivity index (χ3n) is 5.12. The Morgan fingerprint density at radius 2 is 2.12 bits per heavy atom. The largest absolute Gasteiger partial charge is 0.378 e. The van der Waals surface area contributed by atoms with Crippen LogP contribution in [0.1, 0.15) is 36.4 Å². The number of anilines is 2. The number of nitrogens with one attached hydrogen (secondary N) is 2. The number of nitro groups is 1. The lowest BCUT2D eigenvalue weighted by atomic mass is 9.77. The van der Waals surface area contributed by atoms with Gasteiger partial charge in [0.15, 0.2) is 0 Å². The van der Waals surface area contributed by atoms with Crippen molar-refractivity contribution >= 4 is 23.0 Å². The first kappa shape index (κ1) is 16.3. The van der Waals surface area contributed by atoms with Crippen LogP contribution < -0.4 is 10.6 Å². The van der Waals surface area contributed by atoms with Crippen LogP contribution in [0.3, 0.4) is 0 Å². The zero-order valence-electron chi connectivity index (χ0n) is 14.3. The Morgan fingerprint density at radius 1 is 1.27 bits per heavy atom. The van der Waals surface area contributed by atoms with Crippen LogP contribution in [-0.4, -0.2) is 10.8 Å². The highest BCUT2D eigenvalue weighted by Crippen LogP contribution is 2.50. The standard InChI is InChI=1S/C20H19N3O3/c1-12(24)21-14-8-9-19-18(11-14)16-6-3-7-17(16)20(22-19)13-4-2-5-15(10-13)23(25)26/h2-6,8-11,16-17,20,22H,7H2,1H3,(H,21,24)/t16-,17+,20-/m0/s1. The molecule has 1 aliphatic carbocycles. The van der Waals surface area contributed by atoms with Gasteiger partial charge >= 0.3 is 0 Å². The number of rotatable bonds is 3. The number of fused-ring (bicyclic) bond motifs is 3. The minimum atomic E-state index is -0.357. The summed E-state index contributed by atoms with van der Waals surface area (Å²) in [7, 11) is 0. The molecule has 3 atom stereocenters. The maximum Gasteiger partial charge on any atom is 0.269 e. The number of amides is 1. The van der Waals surface area contributed by atoms with Gasteiger partial charge in [-0.1, -0.05) is 24.3 Å². The first-order valence-corrected chi connectivity index (χ1v) is 8.62. The Balaban J connectivity index is 1.72. The average Bonchev–Trinajstić information content (AvgIpc) is 3.11. The number of hydrogen-bond donors (Lipinski definition) is 2. The Kier molecular flexibility index (Phi) is 3.95. The molecule has 0 saturated heterocycles. The summed E-state index contributed by atoms with van der Waals surface area (Å²) in [5, 5.41) is 17.5. The normalized spacial score (nSPS) is 22.9. The van der Waals surface area contributed by atoms with E-state index in [-0.39, 0.29) is 34.4 Å². The van der Waals surface area contributed by atoms with Crippen LogP contribution >= 0.6 is 0 Å². The maximum absolute atomic E-state index is 11.3. The highest BCUT2D eigenvalue weighted by Gasteiger charge is 2.38. The van der Waals surface area contributed by atoms with E-state index in [4.69, 9.17) is 0 Å². The minimum Gasteiger partial charge on any atom is -0.378 e. The van der Waals surface area contributed by atoms with Gasteiger partial charge in [0, 0.05) is 36.3 Å². The quantitative estimate of drug-likeness (QED) is 0.489. The molecular weight excluding hydrogens is 330 g/mol. The van der Waals surface area contributed by atoms with Crippen LogP contribution in [0.2, 0.25) is 0 Å². The second-order valence-electron chi connectivity index (χ2n) is 6.81. The van der Waals surface area contributed by atoms with Crippen LogP contribution in [0.25, 0.3) is 0 Å². The number of non-ortho nitro benzene ring substituents is 1. The lowest BCUT2D eigenvalue weighted by Gasteiger charge is -2.37. The Hall–Kier alpha value is -3.15. The summed E-state index contributed by atoms with van der Waals surface area (Å²) >= 11 is 0. The second kappa shape index (κ2) is 6.29. The summed E-state index contributed by atoms with van der Waals surface area (Å²) in [6.45, 7) is 1.49. The SMILES string of the molecule is CC(=O)Nc1ccc2c(c1)[C@H]1C=CC[C@H]1[C@H](c1cccc([N+](=O)[O-])c1)N2. The van der Waals surface area contributed by atoms with Gasteiger partial charge in [-0.15, -0.1) is 0 Å². The molecule has 2 aliphatic rings. The van der Waals surface area contributed by atoms with E-state index < -0.39 is 0 Å². The Labute approximate surface area is 151 Å². The van der Waals surface area contributed by atoms with E-state index in [0.29, 0.717) is 0 Å². The molecule has 0 spiro atoms. The summed E-state index contributed by atoms with van der Waals surface area (Å²) in [4.78, 5) is 22.1. The summed E-state index contributed by atoms with van der Waals surface area (Å²) in [5.41, 5.74) is 3.97. The fourth-order valence-electron chi connectivity index (χ4n) is 4.04. The van der Waals surface area contributed by atoms with Gasteiger partial charge in [-0.05, 0) is 41.7 Å². The summed E-state index contributed by atoms with van der Waals surface area (Å²) in [6.07, 6.45) is 5.28. The molecule has 132 valence electrons. The van der Waals surface area contributed by atoms with Crippen LogP contribution in [0.4, 0.5) is 17.1 Å². The smallest absolute Gasteiger partial charge is 0.269 e. The highest BCUT2D eigenvalue weighted by atomic mass is 16.6. The zero-order chi connectivity index (χ0) is 18.3. The van der Waals surface area contributed by atoms with E-state index in [9.17, 15) is 14.9 Å². The first-order valence-electron chi connectivity index (χ1n) is 8.62. The number of carbonyl (C=O) groups excluding carboxylic acids is 1. The molecule has 0 aromatic heterocycles. The second-order valence-corrected chi connectivity index (χ2v) is 6.81. The summed E-state index contributed by atoms with van der Waals surface area (Å²) in [6, 6.07) is 12.7. The van der Waals surface area contributed by atoms with Crippen LogP contribution in [0.5, 0.6) is 0 Å². The van der Waals surface area contributed by atoms with E-state index in [1.807, 2.05) is 24.3 Å². The zero-order valence-corrected chi connectivity index (χ0v) is 14.3. The van der Waals surface area contributed by atoms with Crippen molar-refractivity contribution < 1.29 is 9.72 Å². The van der Waals surface area contributed by atoms with Gasteiger partial charge in [0.1, 0.15) is 0 Å². The number of benzene rings is 2. The van der Waals surface area contributed by atoms with Crippen molar-refractivity contribution in [2.24, 2.45) is 5.92 Å². The first-order chi connectivity index (χ1) is 12.5. The minimum absolute atomic E-state index is 0.00835. The molecule has 2 aromatic rings. The summed E-state index contributed by atoms with van der Waals surface area (Å²) < 4.78 is 0. The molecule has 6 nitrogen and oxygen atoms in total. The molecular formula is C20H19N3O3. The van der Waals surface area contributed by atoms with E-state index in [0.717, 1.165) is 28.9 Å². The van der Waals surface area contributed by atoms with E-state index in [2.05, 4.69) is 22.8 Å². The number of hydrogen-bond acceptors (Lipinski definition) is 4. The van der Waals surface area contributed by atoms with Gasteiger partial charge in [0.2, 0.25) is 5.91 Å². The molecule has 2 N–H and O–H groups in total. The van der Waals surface area contributed by atoms with E-state index in [1.54, 1.807) is 12.1 Å². The van der Waals surface area contributed by atoms with Crippen molar-refractivity contribution in [1.29, 1.82) is 0 Å². The van der Waals surface area contributed by atoms with Crippen LogP contribution in [0, 0.1) is 16.0 Å². The molecule has 4 rings (SSSR count). The van der Waals surface area contributed by atoms with Crippen molar-refractivity contribution in [2.45, 2.75) is 25.3 Å². The molecule has 0 unspecified atom stereocenters. The Morgan fingerprint density at radius 3 is 2.88 bits per heavy atom. The van der Waals surface area contributed by atoms with Gasteiger partial charge in [0.25, 0.3) is 5.69 Å². The third kappa shape index (κ3) is 2.83. The van der Waals surface area contributed by atoms with Gasteiger partial charge < -0.3 is 10.6 Å². The van der Waals surface area contributed by atoms with E-state index >= 15 is 0 Å². The number of nitrogens with zero attached hydrogens (tertiary/aromatic N) is 1. The Bertz CT molecular complexity index is 922. The van der Waals surface area contributed by atoms with Crippen LogP contribution in [0.15, 0.2) is 54.6 Å². The van der Waals surface area contributed by atoms with Crippen molar-refractivity contribution in [2.75, 3.05) is 10.6 Å². The third-order valence-corrected chi connectivity index (χ3v) is 5.12. The molecule has 26 heavy (non-hydrogen) atoms. The van der Waals surface area contributed by atoms with E-state index in [1.165, 1.54) is 13.0 Å². The van der Waals surface area contributed by atoms with Crippen molar-refractivity contribution in [1.82, 2.24) is 0 Å². The van der Waals surface area contributed by atoms with Crippen LogP contribution in [-0.2, 0) is 4.79 Å². The molecule has 6 heteroatoms. The fraction of sp³-hybridized carbons (Fsp3) is 0.250. The van der Waals surface area contributed by atoms with Crippen molar-refractivity contribution in [3.8, 4) is 0 Å². The van der Waals surface area contributed by atoms with Gasteiger partial charge in [0.05, 0.1) is 11.0 Å². The molecule has 1 heterocycles. The fourth-order valence-corrected chi connectivity index (χ4v) is 4.04. The molecule has 1 aliphatic heterocycles. The lowest BCUT2D eigenvalue weighted by molar-refractivity contribution is -0.384. The number of carbonyl (C=O) groups is 1. The van der Waals surface area contributed by atoms with Gasteiger partial charge in [-0.3, -0.25) is 14.9 Å². The van der Waals surface area contributed by atoms with Crippen molar-refractivity contribution in [3.05, 3.63) is 75.9 Å². The summed E-state index contributed by atoms with van der Waals surface area (Å²) in [5.74, 6) is 0.419. The predicted molar refractivity (Wildman–Crippen MR) is 100 cm³/mol. The van der Waals surface area contributed by atoms with Gasteiger partial charge in [-0.25, -0.2) is 0 Å². The molecule has 0 fully saturated rings. The predicted octanol–water partition coefficient (Wildman–Crippen LogP) is 4.38. The molecule has 1 amide bonds. The molecule has 2 aromatic carbocycles. The number of nitro benzene ring substituents is 1.